The van der Waals surface area contributed by atoms with Crippen molar-refractivity contribution in [3.63, 3.8) is 0 Å². The molecule has 0 saturated heterocycles. The standard InChI is InChI=1S/C13H9Br2N3S/c1-7-4-10-12(16-6-7)18(13(19)17-10)11-5-8(14)2-3-9(11)15/h2-6H,1H3,(H,17,19). The molecule has 6 heteroatoms. The molecule has 1 aromatic carbocycles. The second-order valence-electron chi connectivity index (χ2n) is 4.25. The molecule has 3 aromatic rings. The SMILES string of the molecule is Cc1cnc2c(c1)[nH]c(=S)n2-c1cc(Br)ccc1Br. The number of fused-ring (bicyclic) bond motifs is 1. The van der Waals surface area contributed by atoms with Crippen molar-refractivity contribution in [2.75, 3.05) is 0 Å². The van der Waals surface area contributed by atoms with Crippen molar-refractivity contribution in [3.05, 3.63) is 49.7 Å². The Bertz CT molecular complexity index is 836. The number of hydrogen-bond acceptors (Lipinski definition) is 2. The predicted octanol–water partition coefficient (Wildman–Crippen LogP) is 4.92. The molecule has 0 fully saturated rings. The van der Waals surface area contributed by atoms with Gasteiger partial charge in [0.2, 0.25) is 0 Å². The summed E-state index contributed by atoms with van der Waals surface area (Å²) in [5.74, 6) is 0. The predicted molar refractivity (Wildman–Crippen MR) is 86.4 cm³/mol. The average Bonchev–Trinajstić information content (AvgIpc) is 2.67. The van der Waals surface area contributed by atoms with E-state index in [4.69, 9.17) is 12.2 Å². The van der Waals surface area contributed by atoms with Crippen molar-refractivity contribution < 1.29 is 0 Å². The molecule has 0 aliphatic heterocycles. The summed E-state index contributed by atoms with van der Waals surface area (Å²) < 4.78 is 4.52. The molecule has 0 atom stereocenters. The molecule has 0 radical (unpaired) electrons. The lowest BCUT2D eigenvalue weighted by molar-refractivity contribution is 1.03. The van der Waals surface area contributed by atoms with Crippen molar-refractivity contribution in [1.29, 1.82) is 0 Å². The van der Waals surface area contributed by atoms with Gasteiger partial charge in [-0.3, -0.25) is 4.57 Å². The highest BCUT2D eigenvalue weighted by molar-refractivity contribution is 9.11. The summed E-state index contributed by atoms with van der Waals surface area (Å²) in [6.45, 7) is 2.01. The van der Waals surface area contributed by atoms with Gasteiger partial charge in [0.25, 0.3) is 0 Å². The maximum atomic E-state index is 5.41. The third kappa shape index (κ3) is 2.28. The summed E-state index contributed by atoms with van der Waals surface area (Å²) in [7, 11) is 0. The molecule has 96 valence electrons. The van der Waals surface area contributed by atoms with Crippen molar-refractivity contribution in [1.82, 2.24) is 14.5 Å². The molecule has 0 aliphatic carbocycles. The molecule has 0 aliphatic rings. The van der Waals surface area contributed by atoms with Gasteiger partial charge in [0, 0.05) is 15.1 Å². The van der Waals surface area contributed by atoms with Crippen LogP contribution in [0.15, 0.2) is 39.4 Å². The average molecular weight is 399 g/mol. The lowest BCUT2D eigenvalue weighted by Gasteiger charge is -2.07. The Morgan fingerprint density at radius 1 is 1.26 bits per heavy atom. The number of pyridine rings is 1. The van der Waals surface area contributed by atoms with E-state index in [-0.39, 0.29) is 0 Å². The van der Waals surface area contributed by atoms with E-state index in [1.165, 1.54) is 0 Å². The molecule has 19 heavy (non-hydrogen) atoms. The first-order valence-corrected chi connectivity index (χ1v) is 7.58. The van der Waals surface area contributed by atoms with Gasteiger partial charge in [-0.2, -0.15) is 0 Å². The Morgan fingerprint density at radius 2 is 2.05 bits per heavy atom. The van der Waals surface area contributed by atoms with Crippen LogP contribution in [0.4, 0.5) is 0 Å². The minimum atomic E-state index is 0.631. The summed E-state index contributed by atoms with van der Waals surface area (Å²) in [6.07, 6.45) is 1.84. The lowest BCUT2D eigenvalue weighted by Crippen LogP contribution is -1.97. The van der Waals surface area contributed by atoms with Crippen LogP contribution < -0.4 is 0 Å². The van der Waals surface area contributed by atoms with Crippen LogP contribution in [-0.4, -0.2) is 14.5 Å². The highest BCUT2D eigenvalue weighted by atomic mass is 79.9. The molecular formula is C13H9Br2N3S. The van der Waals surface area contributed by atoms with Gasteiger partial charge in [-0.05, 0) is 64.9 Å². The van der Waals surface area contributed by atoms with E-state index >= 15 is 0 Å². The highest BCUT2D eigenvalue weighted by Gasteiger charge is 2.11. The monoisotopic (exact) mass is 397 g/mol. The summed E-state index contributed by atoms with van der Waals surface area (Å²) in [5, 5.41) is 0. The molecule has 3 nitrogen and oxygen atoms in total. The zero-order valence-electron chi connectivity index (χ0n) is 9.95. The van der Waals surface area contributed by atoms with Crippen LogP contribution in [0, 0.1) is 11.7 Å². The minimum Gasteiger partial charge on any atom is -0.329 e. The van der Waals surface area contributed by atoms with E-state index in [0.717, 1.165) is 31.4 Å². The van der Waals surface area contributed by atoms with Crippen LogP contribution in [0.2, 0.25) is 0 Å². The Hall–Kier alpha value is -0.980. The maximum absolute atomic E-state index is 5.41. The zero-order valence-corrected chi connectivity index (χ0v) is 13.9. The van der Waals surface area contributed by atoms with Crippen LogP contribution in [-0.2, 0) is 0 Å². The van der Waals surface area contributed by atoms with Gasteiger partial charge >= 0.3 is 0 Å². The lowest BCUT2D eigenvalue weighted by atomic mass is 10.3. The Morgan fingerprint density at radius 3 is 2.84 bits per heavy atom. The molecule has 0 amide bonds. The van der Waals surface area contributed by atoms with Crippen molar-refractivity contribution in [2.45, 2.75) is 6.92 Å². The fourth-order valence-corrected chi connectivity index (χ4v) is 3.05. The second-order valence-corrected chi connectivity index (χ2v) is 6.40. The van der Waals surface area contributed by atoms with Gasteiger partial charge in [-0.15, -0.1) is 0 Å². The van der Waals surface area contributed by atoms with Gasteiger partial charge in [-0.1, -0.05) is 15.9 Å². The number of nitrogens with one attached hydrogen (secondary N) is 1. The van der Waals surface area contributed by atoms with E-state index < -0.39 is 0 Å². The zero-order chi connectivity index (χ0) is 13.6. The van der Waals surface area contributed by atoms with Gasteiger partial charge in [-0.25, -0.2) is 4.98 Å². The number of nitrogens with zero attached hydrogens (tertiary/aromatic N) is 2. The minimum absolute atomic E-state index is 0.631. The fraction of sp³-hybridized carbons (Fsp3) is 0.0769. The first kappa shape index (κ1) is 13.0. The van der Waals surface area contributed by atoms with Crippen LogP contribution in [0.1, 0.15) is 5.56 Å². The Balaban J connectivity index is 2.39. The highest BCUT2D eigenvalue weighted by Crippen LogP contribution is 2.28. The first-order valence-electron chi connectivity index (χ1n) is 5.59. The number of aromatic nitrogens is 3. The summed E-state index contributed by atoms with van der Waals surface area (Å²) in [5.41, 5.74) is 3.83. The first-order chi connectivity index (χ1) is 9.06. The maximum Gasteiger partial charge on any atom is 0.184 e. The Labute approximate surface area is 131 Å². The van der Waals surface area contributed by atoms with Crippen LogP contribution in [0.25, 0.3) is 16.9 Å². The molecule has 0 unspecified atom stereocenters. The van der Waals surface area contributed by atoms with Gasteiger partial charge in [0.05, 0.1) is 11.2 Å². The topological polar surface area (TPSA) is 33.6 Å². The molecule has 0 saturated carbocycles. The number of halogens is 2. The Kier molecular flexibility index (Phi) is 3.32. The number of aromatic amines is 1. The number of hydrogen-bond donors (Lipinski definition) is 1. The summed E-state index contributed by atoms with van der Waals surface area (Å²) in [4.78, 5) is 7.67. The number of rotatable bonds is 1. The van der Waals surface area contributed by atoms with Crippen molar-refractivity contribution >= 4 is 55.2 Å². The summed E-state index contributed by atoms with van der Waals surface area (Å²) in [6, 6.07) is 8.01. The smallest absolute Gasteiger partial charge is 0.184 e. The van der Waals surface area contributed by atoms with Crippen molar-refractivity contribution in [2.24, 2.45) is 0 Å². The molecule has 0 spiro atoms. The summed E-state index contributed by atoms with van der Waals surface area (Å²) >= 11 is 12.5. The van der Waals surface area contributed by atoms with Crippen LogP contribution in [0.5, 0.6) is 0 Å². The molecule has 0 bridgehead atoms. The largest absolute Gasteiger partial charge is 0.329 e. The quantitative estimate of drug-likeness (QED) is 0.590. The molecular weight excluding hydrogens is 390 g/mol. The van der Waals surface area contributed by atoms with Gasteiger partial charge in [0.1, 0.15) is 0 Å². The number of benzene rings is 1. The molecule has 1 N–H and O–H groups in total. The molecule has 2 heterocycles. The van der Waals surface area contributed by atoms with Crippen LogP contribution >= 0.6 is 44.1 Å². The molecule has 2 aromatic heterocycles. The van der Waals surface area contributed by atoms with E-state index in [0.29, 0.717) is 4.77 Å². The third-order valence-electron chi connectivity index (χ3n) is 2.81. The van der Waals surface area contributed by atoms with Crippen LogP contribution in [0.3, 0.4) is 0 Å². The van der Waals surface area contributed by atoms with E-state index in [1.54, 1.807) is 0 Å². The normalized spacial score (nSPS) is 11.1. The number of imidazole rings is 1. The fourth-order valence-electron chi connectivity index (χ4n) is 1.98. The van der Waals surface area contributed by atoms with E-state index in [1.807, 2.05) is 42.0 Å². The van der Waals surface area contributed by atoms with Gasteiger partial charge in [0.15, 0.2) is 10.4 Å². The third-order valence-corrected chi connectivity index (χ3v) is 4.26. The van der Waals surface area contributed by atoms with E-state index in [2.05, 4.69) is 41.8 Å². The molecule has 3 rings (SSSR count). The van der Waals surface area contributed by atoms with Gasteiger partial charge < -0.3 is 4.98 Å². The number of aryl methyl sites for hydroxylation is 1. The second kappa shape index (κ2) is 4.85. The van der Waals surface area contributed by atoms with Crippen molar-refractivity contribution in [3.8, 4) is 5.69 Å². The number of H-pyrrole nitrogens is 1. The van der Waals surface area contributed by atoms with E-state index in [9.17, 15) is 0 Å².